The Balaban J connectivity index is 3.80. The highest BCUT2D eigenvalue weighted by atomic mass is 16.3. The SMILES string of the molecule is CCCCCCCCC/C=C/CC/C=C/CCCC(O)C(O)C(CO)NC(=O)CCCCCCCCCCCC. The Morgan fingerprint density at radius 1 is 0.600 bits per heavy atom. The van der Waals surface area contributed by atoms with Gasteiger partial charge in [-0.2, -0.15) is 0 Å². The van der Waals surface area contributed by atoms with E-state index in [1.54, 1.807) is 0 Å². The van der Waals surface area contributed by atoms with Gasteiger partial charge in [0, 0.05) is 6.42 Å². The molecule has 0 rings (SSSR count). The van der Waals surface area contributed by atoms with Gasteiger partial charge >= 0.3 is 0 Å². The number of aliphatic hydroxyl groups excluding tert-OH is 3. The fraction of sp³-hybridized carbons (Fsp3) is 0.857. The van der Waals surface area contributed by atoms with Gasteiger partial charge in [0.2, 0.25) is 5.91 Å². The van der Waals surface area contributed by atoms with Gasteiger partial charge in [0.05, 0.1) is 18.8 Å². The van der Waals surface area contributed by atoms with Crippen molar-refractivity contribution in [2.75, 3.05) is 6.61 Å². The van der Waals surface area contributed by atoms with Gasteiger partial charge in [-0.25, -0.2) is 0 Å². The summed E-state index contributed by atoms with van der Waals surface area (Å²) in [6, 6.07) is -0.825. The first-order valence-corrected chi connectivity index (χ1v) is 17.1. The molecule has 5 heteroatoms. The highest BCUT2D eigenvalue weighted by Gasteiger charge is 2.26. The summed E-state index contributed by atoms with van der Waals surface area (Å²) < 4.78 is 0. The third-order valence-corrected chi connectivity index (χ3v) is 7.79. The van der Waals surface area contributed by atoms with Crippen molar-refractivity contribution in [1.29, 1.82) is 0 Å². The van der Waals surface area contributed by atoms with E-state index in [-0.39, 0.29) is 12.5 Å². The first-order chi connectivity index (χ1) is 19.6. The molecule has 0 aromatic heterocycles. The van der Waals surface area contributed by atoms with Crippen molar-refractivity contribution < 1.29 is 20.1 Å². The first-order valence-electron chi connectivity index (χ1n) is 17.1. The van der Waals surface area contributed by atoms with Crippen molar-refractivity contribution in [3.8, 4) is 0 Å². The van der Waals surface area contributed by atoms with E-state index in [0.717, 1.165) is 44.9 Å². The van der Waals surface area contributed by atoms with E-state index in [4.69, 9.17) is 0 Å². The summed E-state index contributed by atoms with van der Waals surface area (Å²) in [4.78, 5) is 12.3. The number of allylic oxidation sites excluding steroid dienone is 4. The zero-order valence-electron chi connectivity index (χ0n) is 26.5. The maximum Gasteiger partial charge on any atom is 0.220 e. The molecule has 0 spiro atoms. The van der Waals surface area contributed by atoms with Crippen LogP contribution in [-0.2, 0) is 4.79 Å². The van der Waals surface area contributed by atoms with E-state index in [9.17, 15) is 20.1 Å². The minimum Gasteiger partial charge on any atom is -0.394 e. The Hall–Kier alpha value is -1.17. The van der Waals surface area contributed by atoms with E-state index in [2.05, 4.69) is 43.5 Å². The van der Waals surface area contributed by atoms with E-state index in [1.165, 1.54) is 96.3 Å². The number of carbonyl (C=O) groups is 1. The highest BCUT2D eigenvalue weighted by molar-refractivity contribution is 5.76. The molecule has 40 heavy (non-hydrogen) atoms. The highest BCUT2D eigenvalue weighted by Crippen LogP contribution is 2.13. The lowest BCUT2D eigenvalue weighted by Gasteiger charge is -2.26. The molecule has 0 bridgehead atoms. The number of aliphatic hydroxyl groups is 3. The van der Waals surface area contributed by atoms with Crippen molar-refractivity contribution in [3.63, 3.8) is 0 Å². The Morgan fingerprint density at radius 2 is 1.02 bits per heavy atom. The lowest BCUT2D eigenvalue weighted by molar-refractivity contribution is -0.124. The molecular formula is C35H67NO4. The molecule has 1 amide bonds. The van der Waals surface area contributed by atoms with Crippen LogP contribution in [-0.4, -0.2) is 46.1 Å². The van der Waals surface area contributed by atoms with Crippen LogP contribution in [0.2, 0.25) is 0 Å². The number of carbonyl (C=O) groups excluding carboxylic acids is 1. The molecule has 0 aliphatic carbocycles. The Kier molecular flexibility index (Phi) is 29.9. The summed E-state index contributed by atoms with van der Waals surface area (Å²) >= 11 is 0. The molecule has 0 radical (unpaired) electrons. The van der Waals surface area contributed by atoms with E-state index in [1.807, 2.05) is 0 Å². The summed E-state index contributed by atoms with van der Waals surface area (Å²) in [5.41, 5.74) is 0. The summed E-state index contributed by atoms with van der Waals surface area (Å²) in [5, 5.41) is 33.2. The van der Waals surface area contributed by atoms with E-state index in [0.29, 0.717) is 12.8 Å². The molecule has 0 aromatic carbocycles. The van der Waals surface area contributed by atoms with E-state index < -0.39 is 18.2 Å². The number of hydrogen-bond acceptors (Lipinski definition) is 4. The summed E-state index contributed by atoms with van der Waals surface area (Å²) in [6.45, 7) is 4.11. The van der Waals surface area contributed by atoms with Gasteiger partial charge in [-0.1, -0.05) is 134 Å². The molecular weight excluding hydrogens is 498 g/mol. The van der Waals surface area contributed by atoms with Crippen molar-refractivity contribution in [2.24, 2.45) is 0 Å². The predicted octanol–water partition coefficient (Wildman–Crippen LogP) is 8.70. The molecule has 0 aliphatic heterocycles. The topological polar surface area (TPSA) is 89.8 Å². The zero-order valence-corrected chi connectivity index (χ0v) is 26.5. The minimum atomic E-state index is -1.16. The monoisotopic (exact) mass is 566 g/mol. The van der Waals surface area contributed by atoms with Crippen LogP contribution in [0.4, 0.5) is 0 Å². The second-order valence-corrected chi connectivity index (χ2v) is 11.7. The lowest BCUT2D eigenvalue weighted by atomic mass is 10.0. The molecule has 0 saturated carbocycles. The number of nitrogens with one attached hydrogen (secondary N) is 1. The second kappa shape index (κ2) is 30.8. The Bertz CT molecular complexity index is 592. The average molecular weight is 566 g/mol. The van der Waals surface area contributed by atoms with Gasteiger partial charge in [-0.15, -0.1) is 0 Å². The number of amides is 1. The molecule has 236 valence electrons. The minimum absolute atomic E-state index is 0.163. The smallest absolute Gasteiger partial charge is 0.220 e. The van der Waals surface area contributed by atoms with Gasteiger partial charge in [0.1, 0.15) is 6.10 Å². The first kappa shape index (κ1) is 38.8. The summed E-state index contributed by atoms with van der Waals surface area (Å²) in [7, 11) is 0. The van der Waals surface area contributed by atoms with Crippen LogP contribution < -0.4 is 5.32 Å². The number of unbranched alkanes of at least 4 members (excludes halogenated alkanes) is 18. The van der Waals surface area contributed by atoms with Crippen LogP contribution in [0.15, 0.2) is 24.3 Å². The molecule has 5 nitrogen and oxygen atoms in total. The Labute approximate surface area is 248 Å². The van der Waals surface area contributed by atoms with Crippen molar-refractivity contribution in [2.45, 2.75) is 186 Å². The largest absolute Gasteiger partial charge is 0.394 e. The molecule has 3 unspecified atom stereocenters. The van der Waals surface area contributed by atoms with Gasteiger partial charge < -0.3 is 20.6 Å². The standard InChI is InChI=1S/C35H67NO4/c1-3-5-7-9-11-13-15-16-17-18-19-20-21-23-25-27-29-33(38)35(40)32(31-37)36-34(39)30-28-26-24-22-14-12-10-8-6-4-2/h17-18,21,23,32-33,35,37-38,40H,3-16,19-20,22,24-31H2,1-2H3,(H,36,39)/b18-17+,23-21+. The van der Waals surface area contributed by atoms with Crippen LogP contribution in [0.5, 0.6) is 0 Å². The third-order valence-electron chi connectivity index (χ3n) is 7.79. The van der Waals surface area contributed by atoms with Gasteiger partial charge in [-0.05, 0) is 51.4 Å². The van der Waals surface area contributed by atoms with Crippen molar-refractivity contribution in [3.05, 3.63) is 24.3 Å². The van der Waals surface area contributed by atoms with Gasteiger partial charge in [0.25, 0.3) is 0 Å². The molecule has 0 fully saturated rings. The Morgan fingerprint density at radius 3 is 1.52 bits per heavy atom. The zero-order chi connectivity index (χ0) is 29.5. The average Bonchev–Trinajstić information content (AvgIpc) is 2.96. The normalized spacial score (nSPS) is 14.2. The molecule has 3 atom stereocenters. The maximum atomic E-state index is 12.3. The van der Waals surface area contributed by atoms with Crippen LogP contribution in [0.1, 0.15) is 168 Å². The summed E-state index contributed by atoms with van der Waals surface area (Å²) in [5.74, 6) is -0.163. The number of rotatable bonds is 30. The van der Waals surface area contributed by atoms with Gasteiger partial charge in [-0.3, -0.25) is 4.79 Å². The van der Waals surface area contributed by atoms with Crippen molar-refractivity contribution in [1.82, 2.24) is 5.32 Å². The fourth-order valence-corrected chi connectivity index (χ4v) is 5.06. The quantitative estimate of drug-likeness (QED) is 0.0518. The molecule has 0 heterocycles. The molecule has 0 saturated heterocycles. The predicted molar refractivity (Wildman–Crippen MR) is 171 cm³/mol. The third kappa shape index (κ3) is 25.8. The fourth-order valence-electron chi connectivity index (χ4n) is 5.06. The van der Waals surface area contributed by atoms with Crippen LogP contribution >= 0.6 is 0 Å². The van der Waals surface area contributed by atoms with Crippen molar-refractivity contribution >= 4 is 5.91 Å². The summed E-state index contributed by atoms with van der Waals surface area (Å²) in [6.07, 6.45) is 34.1. The lowest BCUT2D eigenvalue weighted by Crippen LogP contribution is -2.50. The molecule has 0 aromatic rings. The molecule has 0 aliphatic rings. The number of hydrogen-bond donors (Lipinski definition) is 4. The van der Waals surface area contributed by atoms with E-state index >= 15 is 0 Å². The van der Waals surface area contributed by atoms with Crippen LogP contribution in [0.25, 0.3) is 0 Å². The second-order valence-electron chi connectivity index (χ2n) is 11.7. The maximum absolute atomic E-state index is 12.3. The van der Waals surface area contributed by atoms with Crippen LogP contribution in [0.3, 0.4) is 0 Å². The molecule has 4 N–H and O–H groups in total. The van der Waals surface area contributed by atoms with Crippen LogP contribution in [0, 0.1) is 0 Å². The van der Waals surface area contributed by atoms with Gasteiger partial charge in [0.15, 0.2) is 0 Å².